The van der Waals surface area contributed by atoms with E-state index < -0.39 is 11.6 Å². The van der Waals surface area contributed by atoms with Crippen LogP contribution in [0.4, 0.5) is 8.78 Å². The summed E-state index contributed by atoms with van der Waals surface area (Å²) in [6, 6.07) is 12.9. The summed E-state index contributed by atoms with van der Waals surface area (Å²) in [4.78, 5) is 4.36. The summed E-state index contributed by atoms with van der Waals surface area (Å²) in [6.07, 6.45) is 3.20. The van der Waals surface area contributed by atoms with Crippen LogP contribution in [0.1, 0.15) is 5.76 Å². The molecule has 4 aromatic rings. The maximum atomic E-state index is 13.4. The minimum absolute atomic E-state index is 0.353. The van der Waals surface area contributed by atoms with Gasteiger partial charge in [0.1, 0.15) is 23.1 Å². The van der Waals surface area contributed by atoms with Crippen molar-refractivity contribution in [3.05, 3.63) is 78.4 Å². The van der Waals surface area contributed by atoms with E-state index in [1.54, 1.807) is 17.7 Å². The highest BCUT2D eigenvalue weighted by Crippen LogP contribution is 2.33. The molecule has 0 bridgehead atoms. The van der Waals surface area contributed by atoms with Crippen molar-refractivity contribution in [3.8, 4) is 28.2 Å². The minimum Gasteiger partial charge on any atom is -0.360 e. The van der Waals surface area contributed by atoms with Crippen LogP contribution >= 0.6 is 0 Å². The molecule has 0 aliphatic heterocycles. The van der Waals surface area contributed by atoms with Crippen LogP contribution in [-0.2, 0) is 0 Å². The maximum absolute atomic E-state index is 13.4. The van der Waals surface area contributed by atoms with Crippen molar-refractivity contribution in [2.75, 3.05) is 0 Å². The smallest absolute Gasteiger partial charge is 0.143 e. The summed E-state index contributed by atoms with van der Waals surface area (Å²) < 4.78 is 33.8. The van der Waals surface area contributed by atoms with Crippen molar-refractivity contribution < 1.29 is 13.3 Å². The molecule has 0 unspecified atom stereocenters. The highest BCUT2D eigenvalue weighted by molar-refractivity contribution is 5.79. The third kappa shape index (κ3) is 2.82. The zero-order chi connectivity index (χ0) is 17.4. The standard InChI is InChI=1S/C19H13F2N3O/c1-12-18(19(23-25-12)13-5-3-2-4-6-13)17-10-24(11-22-17)16-8-14(20)7-15(21)9-16/h2-11H,1H3. The first-order valence-corrected chi connectivity index (χ1v) is 7.64. The molecular weight excluding hydrogens is 324 g/mol. The van der Waals surface area contributed by atoms with Crippen molar-refractivity contribution in [2.24, 2.45) is 0 Å². The van der Waals surface area contributed by atoms with Crippen molar-refractivity contribution >= 4 is 0 Å². The Labute approximate surface area is 142 Å². The molecule has 0 atom stereocenters. The molecule has 0 saturated carbocycles. The first-order chi connectivity index (χ1) is 12.1. The lowest BCUT2D eigenvalue weighted by Gasteiger charge is -2.02. The van der Waals surface area contributed by atoms with Gasteiger partial charge in [0.25, 0.3) is 0 Å². The van der Waals surface area contributed by atoms with E-state index in [-0.39, 0.29) is 0 Å². The molecule has 0 saturated heterocycles. The van der Waals surface area contributed by atoms with Gasteiger partial charge in [-0.15, -0.1) is 0 Å². The molecule has 0 aliphatic carbocycles. The van der Waals surface area contributed by atoms with Gasteiger partial charge in [-0.3, -0.25) is 0 Å². The van der Waals surface area contributed by atoms with E-state index in [1.165, 1.54) is 18.5 Å². The van der Waals surface area contributed by atoms with Gasteiger partial charge >= 0.3 is 0 Å². The van der Waals surface area contributed by atoms with E-state index in [9.17, 15) is 8.78 Å². The fourth-order valence-corrected chi connectivity index (χ4v) is 2.75. The predicted molar refractivity (Wildman–Crippen MR) is 89.2 cm³/mol. The van der Waals surface area contributed by atoms with E-state index in [0.29, 0.717) is 22.8 Å². The molecule has 2 aromatic heterocycles. The summed E-state index contributed by atoms with van der Waals surface area (Å²) in [5.41, 5.74) is 3.30. The Hall–Kier alpha value is -3.28. The van der Waals surface area contributed by atoms with Crippen LogP contribution in [0, 0.1) is 18.6 Å². The Bertz CT molecular complexity index is 1020. The quantitative estimate of drug-likeness (QED) is 0.540. The highest BCUT2D eigenvalue weighted by atomic mass is 19.1. The molecule has 0 N–H and O–H groups in total. The van der Waals surface area contributed by atoms with Gasteiger partial charge in [-0.05, 0) is 19.1 Å². The van der Waals surface area contributed by atoms with Gasteiger partial charge < -0.3 is 9.09 Å². The summed E-state index contributed by atoms with van der Waals surface area (Å²) in [6.45, 7) is 1.80. The van der Waals surface area contributed by atoms with E-state index in [2.05, 4.69) is 10.1 Å². The normalized spacial score (nSPS) is 11.0. The Morgan fingerprint density at radius 2 is 1.72 bits per heavy atom. The number of benzene rings is 2. The second kappa shape index (κ2) is 5.98. The zero-order valence-electron chi connectivity index (χ0n) is 13.3. The van der Waals surface area contributed by atoms with Gasteiger partial charge in [0, 0.05) is 17.8 Å². The predicted octanol–water partition coefficient (Wildman–Crippen LogP) is 4.78. The van der Waals surface area contributed by atoms with Crippen molar-refractivity contribution in [1.82, 2.24) is 14.7 Å². The molecular formula is C19H13F2N3O. The molecule has 25 heavy (non-hydrogen) atoms. The molecule has 2 heterocycles. The summed E-state index contributed by atoms with van der Waals surface area (Å²) in [7, 11) is 0. The Balaban J connectivity index is 1.80. The summed E-state index contributed by atoms with van der Waals surface area (Å²) >= 11 is 0. The van der Waals surface area contributed by atoms with Crippen LogP contribution < -0.4 is 0 Å². The van der Waals surface area contributed by atoms with Crippen LogP contribution in [0.25, 0.3) is 28.2 Å². The topological polar surface area (TPSA) is 43.9 Å². The van der Waals surface area contributed by atoms with Gasteiger partial charge in [0.2, 0.25) is 0 Å². The number of aromatic nitrogens is 3. The van der Waals surface area contributed by atoms with E-state index >= 15 is 0 Å². The molecule has 0 spiro atoms. The molecule has 124 valence electrons. The minimum atomic E-state index is -0.642. The van der Waals surface area contributed by atoms with Crippen LogP contribution in [0.3, 0.4) is 0 Å². The Kier molecular flexibility index (Phi) is 3.65. The molecule has 0 radical (unpaired) electrons. The van der Waals surface area contributed by atoms with Gasteiger partial charge in [0.15, 0.2) is 0 Å². The van der Waals surface area contributed by atoms with Gasteiger partial charge in [-0.1, -0.05) is 35.5 Å². The monoisotopic (exact) mass is 337 g/mol. The number of hydrogen-bond acceptors (Lipinski definition) is 3. The largest absolute Gasteiger partial charge is 0.360 e. The van der Waals surface area contributed by atoms with Crippen molar-refractivity contribution in [3.63, 3.8) is 0 Å². The van der Waals surface area contributed by atoms with E-state index in [1.807, 2.05) is 30.3 Å². The lowest BCUT2D eigenvalue weighted by atomic mass is 10.0. The molecule has 4 rings (SSSR count). The molecule has 0 aliphatic rings. The molecule has 0 fully saturated rings. The first-order valence-electron chi connectivity index (χ1n) is 7.64. The maximum Gasteiger partial charge on any atom is 0.143 e. The number of rotatable bonds is 3. The average Bonchev–Trinajstić information content (AvgIpc) is 3.21. The number of nitrogens with zero attached hydrogens (tertiary/aromatic N) is 3. The van der Waals surface area contributed by atoms with Crippen LogP contribution in [0.15, 0.2) is 65.6 Å². The van der Waals surface area contributed by atoms with Crippen LogP contribution in [0.2, 0.25) is 0 Å². The molecule has 6 heteroatoms. The molecule has 4 nitrogen and oxygen atoms in total. The van der Waals surface area contributed by atoms with Crippen LogP contribution in [0.5, 0.6) is 0 Å². The lowest BCUT2D eigenvalue weighted by Crippen LogP contribution is -1.92. The molecule has 0 amide bonds. The summed E-state index contributed by atoms with van der Waals surface area (Å²) in [5.74, 6) is -0.665. The van der Waals surface area contributed by atoms with Gasteiger partial charge in [-0.25, -0.2) is 13.8 Å². The van der Waals surface area contributed by atoms with Crippen LogP contribution in [-0.4, -0.2) is 14.7 Å². The van der Waals surface area contributed by atoms with E-state index in [0.717, 1.165) is 17.2 Å². The number of imidazole rings is 1. The fourth-order valence-electron chi connectivity index (χ4n) is 2.75. The highest BCUT2D eigenvalue weighted by Gasteiger charge is 2.19. The van der Waals surface area contributed by atoms with Gasteiger partial charge in [0.05, 0.1) is 23.3 Å². The van der Waals surface area contributed by atoms with Gasteiger partial charge in [-0.2, -0.15) is 0 Å². The number of halogens is 2. The third-order valence-electron chi connectivity index (χ3n) is 3.89. The van der Waals surface area contributed by atoms with Crippen molar-refractivity contribution in [2.45, 2.75) is 6.92 Å². The summed E-state index contributed by atoms with van der Waals surface area (Å²) in [5, 5.41) is 4.13. The lowest BCUT2D eigenvalue weighted by molar-refractivity contribution is 0.400. The average molecular weight is 337 g/mol. The zero-order valence-corrected chi connectivity index (χ0v) is 13.3. The Morgan fingerprint density at radius 3 is 2.44 bits per heavy atom. The number of hydrogen-bond donors (Lipinski definition) is 0. The second-order valence-electron chi connectivity index (χ2n) is 5.62. The number of aryl methyl sites for hydroxylation is 1. The SMILES string of the molecule is Cc1onc(-c2ccccc2)c1-c1cn(-c2cc(F)cc(F)c2)cn1. The third-order valence-corrected chi connectivity index (χ3v) is 3.89. The second-order valence-corrected chi connectivity index (χ2v) is 5.62. The Morgan fingerprint density at radius 1 is 1.00 bits per heavy atom. The van der Waals surface area contributed by atoms with Crippen molar-refractivity contribution in [1.29, 1.82) is 0 Å². The first kappa shape index (κ1) is 15.3. The fraction of sp³-hybridized carbons (Fsp3) is 0.0526. The molecule has 2 aromatic carbocycles. The van der Waals surface area contributed by atoms with E-state index in [4.69, 9.17) is 4.52 Å².